The van der Waals surface area contributed by atoms with E-state index in [4.69, 9.17) is 11.5 Å². The molecule has 0 aliphatic rings. The van der Waals surface area contributed by atoms with Crippen molar-refractivity contribution in [2.75, 3.05) is 4.72 Å². The molecule has 2 rings (SSSR count). The fourth-order valence-electron chi connectivity index (χ4n) is 1.97. The number of hydrogen-bond donors (Lipinski definition) is 2. The fourth-order valence-corrected chi connectivity index (χ4v) is 3.02. The van der Waals surface area contributed by atoms with E-state index < -0.39 is 16.0 Å². The minimum absolute atomic E-state index is 0.00320. The summed E-state index contributed by atoms with van der Waals surface area (Å²) in [6.07, 6.45) is 5.65. The first-order chi connectivity index (χ1) is 10.9. The largest absolute Gasteiger partial charge is 0.481 e. The van der Waals surface area contributed by atoms with Crippen molar-refractivity contribution in [1.82, 2.24) is 0 Å². The lowest BCUT2D eigenvalue weighted by molar-refractivity contribution is -0.136. The third-order valence-corrected chi connectivity index (χ3v) is 4.54. The molecule has 0 unspecified atom stereocenters. The number of rotatable bonds is 6. The lowest BCUT2D eigenvalue weighted by Crippen LogP contribution is -2.13. The maximum absolute atomic E-state index is 12.3. The van der Waals surface area contributed by atoms with Crippen LogP contribution >= 0.6 is 0 Å². The average Bonchev–Trinajstić information content (AvgIpc) is 2.53. The summed E-state index contributed by atoms with van der Waals surface area (Å²) in [6, 6.07) is 12.7. The molecule has 0 radical (unpaired) electrons. The smallest absolute Gasteiger partial charge is 0.303 e. The van der Waals surface area contributed by atoms with Crippen molar-refractivity contribution in [2.45, 2.75) is 17.7 Å². The Balaban J connectivity index is 2.16. The summed E-state index contributed by atoms with van der Waals surface area (Å²) in [6.45, 7) is 0. The van der Waals surface area contributed by atoms with E-state index in [0.717, 1.165) is 5.56 Å². The molecule has 0 amide bonds. The molecule has 0 fully saturated rings. The summed E-state index contributed by atoms with van der Waals surface area (Å²) in [7, 11) is -3.72. The van der Waals surface area contributed by atoms with Gasteiger partial charge in [-0.05, 0) is 42.3 Å². The van der Waals surface area contributed by atoms with Crippen LogP contribution in [0, 0.1) is 12.3 Å². The van der Waals surface area contributed by atoms with Crippen LogP contribution in [0.25, 0.3) is 0 Å². The predicted octanol–water partition coefficient (Wildman–Crippen LogP) is 2.49. The van der Waals surface area contributed by atoms with Gasteiger partial charge in [-0.3, -0.25) is 9.52 Å². The van der Waals surface area contributed by atoms with E-state index in [1.165, 1.54) is 12.1 Å². The topological polar surface area (TPSA) is 83.5 Å². The van der Waals surface area contributed by atoms with Gasteiger partial charge in [0.15, 0.2) is 0 Å². The molecule has 0 aliphatic carbocycles. The number of nitrogens with one attached hydrogen (secondary N) is 1. The highest BCUT2D eigenvalue weighted by Crippen LogP contribution is 2.18. The molecule has 0 saturated heterocycles. The molecule has 0 atom stereocenters. The van der Waals surface area contributed by atoms with Gasteiger partial charge < -0.3 is 5.11 Å². The molecular formula is C17H15NO4S. The first kappa shape index (κ1) is 16.6. The molecule has 0 bridgehead atoms. The molecule has 6 heteroatoms. The van der Waals surface area contributed by atoms with Gasteiger partial charge in [0.25, 0.3) is 10.0 Å². The normalized spacial score (nSPS) is 10.7. The first-order valence-electron chi connectivity index (χ1n) is 6.81. The summed E-state index contributed by atoms with van der Waals surface area (Å²) in [5, 5.41) is 8.65. The van der Waals surface area contributed by atoms with Crippen molar-refractivity contribution in [3.8, 4) is 12.3 Å². The summed E-state index contributed by atoms with van der Waals surface area (Å²) >= 11 is 0. The molecule has 0 saturated carbocycles. The van der Waals surface area contributed by atoms with Crippen molar-refractivity contribution in [3.05, 3.63) is 59.7 Å². The zero-order valence-electron chi connectivity index (χ0n) is 12.2. The summed E-state index contributed by atoms with van der Waals surface area (Å²) in [4.78, 5) is 10.6. The fraction of sp³-hybridized carbons (Fsp3) is 0.118. The van der Waals surface area contributed by atoms with Gasteiger partial charge in [-0.25, -0.2) is 8.42 Å². The second-order valence-electron chi connectivity index (χ2n) is 4.87. The predicted molar refractivity (Wildman–Crippen MR) is 87.6 cm³/mol. The maximum Gasteiger partial charge on any atom is 0.303 e. The van der Waals surface area contributed by atoms with Crippen molar-refractivity contribution in [3.63, 3.8) is 0 Å². The highest BCUT2D eigenvalue weighted by atomic mass is 32.2. The number of carboxylic acid groups (broad SMARTS) is 1. The van der Waals surface area contributed by atoms with Crippen molar-refractivity contribution in [1.29, 1.82) is 0 Å². The van der Waals surface area contributed by atoms with Crippen LogP contribution in [0.4, 0.5) is 5.69 Å². The average molecular weight is 329 g/mol. The Morgan fingerprint density at radius 2 is 1.87 bits per heavy atom. The van der Waals surface area contributed by atoms with Gasteiger partial charge in [0.2, 0.25) is 0 Å². The van der Waals surface area contributed by atoms with Crippen molar-refractivity contribution >= 4 is 21.7 Å². The van der Waals surface area contributed by atoms with E-state index in [9.17, 15) is 13.2 Å². The molecule has 0 heterocycles. The Morgan fingerprint density at radius 1 is 1.17 bits per heavy atom. The summed E-state index contributed by atoms with van der Waals surface area (Å²) < 4.78 is 27.1. The van der Waals surface area contributed by atoms with E-state index in [1.54, 1.807) is 36.4 Å². The molecule has 2 aromatic carbocycles. The zero-order chi connectivity index (χ0) is 16.9. The van der Waals surface area contributed by atoms with Crippen LogP contribution in [0.2, 0.25) is 0 Å². The Bertz CT molecular complexity index is 849. The SMILES string of the molecule is C#Cc1cccc(NS(=O)(=O)c2ccc(CCC(=O)O)cc2)c1. The summed E-state index contributed by atoms with van der Waals surface area (Å²) in [5.41, 5.74) is 1.73. The number of aliphatic carboxylic acids is 1. The second-order valence-corrected chi connectivity index (χ2v) is 6.55. The Kier molecular flexibility index (Phi) is 5.04. The van der Waals surface area contributed by atoms with Gasteiger partial charge in [0.1, 0.15) is 0 Å². The van der Waals surface area contributed by atoms with Crippen LogP contribution in [0.15, 0.2) is 53.4 Å². The number of terminal acetylenes is 1. The van der Waals surface area contributed by atoms with E-state index in [1.807, 2.05) is 0 Å². The number of carboxylic acids is 1. The van der Waals surface area contributed by atoms with E-state index in [2.05, 4.69) is 10.6 Å². The van der Waals surface area contributed by atoms with E-state index in [0.29, 0.717) is 17.7 Å². The van der Waals surface area contributed by atoms with Crippen molar-refractivity contribution in [2.24, 2.45) is 0 Å². The summed E-state index contributed by atoms with van der Waals surface area (Å²) in [5.74, 6) is 1.55. The van der Waals surface area contributed by atoms with Crippen LogP contribution in [0.1, 0.15) is 17.5 Å². The lowest BCUT2D eigenvalue weighted by Gasteiger charge is -2.09. The first-order valence-corrected chi connectivity index (χ1v) is 8.29. The van der Waals surface area contributed by atoms with Crippen LogP contribution in [0.5, 0.6) is 0 Å². The van der Waals surface area contributed by atoms with Crippen molar-refractivity contribution < 1.29 is 18.3 Å². The molecule has 0 spiro atoms. The molecule has 118 valence electrons. The number of benzene rings is 2. The molecule has 2 N–H and O–H groups in total. The number of carbonyl (C=O) groups is 1. The lowest BCUT2D eigenvalue weighted by atomic mass is 10.1. The third kappa shape index (κ3) is 4.59. The number of aryl methyl sites for hydroxylation is 1. The maximum atomic E-state index is 12.3. The minimum Gasteiger partial charge on any atom is -0.481 e. The number of anilines is 1. The molecule has 0 aromatic heterocycles. The zero-order valence-corrected chi connectivity index (χ0v) is 13.0. The quantitative estimate of drug-likeness (QED) is 0.798. The monoisotopic (exact) mass is 329 g/mol. The standard InChI is InChI=1S/C17H15NO4S/c1-2-13-4-3-5-15(12-13)18-23(21,22)16-9-6-14(7-10-16)8-11-17(19)20/h1,3-7,9-10,12,18H,8,11H2,(H,19,20). The van der Waals surface area contributed by atoms with Gasteiger partial charge in [0, 0.05) is 12.0 Å². The van der Waals surface area contributed by atoms with Gasteiger partial charge in [-0.1, -0.05) is 24.1 Å². The molecular weight excluding hydrogens is 314 g/mol. The van der Waals surface area contributed by atoms with Gasteiger partial charge in [-0.2, -0.15) is 0 Å². The molecule has 2 aromatic rings. The minimum atomic E-state index is -3.72. The van der Waals surface area contributed by atoms with Gasteiger partial charge in [-0.15, -0.1) is 6.42 Å². The van der Waals surface area contributed by atoms with Crippen LogP contribution in [-0.2, 0) is 21.2 Å². The van der Waals surface area contributed by atoms with Gasteiger partial charge in [0.05, 0.1) is 10.6 Å². The Hall–Kier alpha value is -2.78. The Labute approximate surface area is 135 Å². The van der Waals surface area contributed by atoms with Crippen LogP contribution in [0.3, 0.4) is 0 Å². The molecule has 5 nitrogen and oxygen atoms in total. The van der Waals surface area contributed by atoms with Gasteiger partial charge >= 0.3 is 5.97 Å². The number of hydrogen-bond acceptors (Lipinski definition) is 3. The number of sulfonamides is 1. The second kappa shape index (κ2) is 6.99. The van der Waals surface area contributed by atoms with E-state index >= 15 is 0 Å². The third-order valence-electron chi connectivity index (χ3n) is 3.14. The van der Waals surface area contributed by atoms with Crippen LogP contribution in [-0.4, -0.2) is 19.5 Å². The molecule has 0 aliphatic heterocycles. The highest BCUT2D eigenvalue weighted by molar-refractivity contribution is 7.92. The Morgan fingerprint density at radius 3 is 2.48 bits per heavy atom. The molecule has 23 heavy (non-hydrogen) atoms. The van der Waals surface area contributed by atoms with Crippen LogP contribution < -0.4 is 4.72 Å². The van der Waals surface area contributed by atoms with E-state index in [-0.39, 0.29) is 11.3 Å². The highest BCUT2D eigenvalue weighted by Gasteiger charge is 2.14.